The van der Waals surface area contributed by atoms with Crippen LogP contribution in [0.2, 0.25) is 5.02 Å². The van der Waals surface area contributed by atoms with Gasteiger partial charge in [0.1, 0.15) is 17.0 Å². The van der Waals surface area contributed by atoms with Crippen LogP contribution >= 0.6 is 11.6 Å². The molecule has 3 N–H and O–H groups in total. The summed E-state index contributed by atoms with van der Waals surface area (Å²) in [5, 5.41) is 25.3. The van der Waals surface area contributed by atoms with Crippen LogP contribution in [0.5, 0.6) is 5.75 Å². The van der Waals surface area contributed by atoms with Crippen molar-refractivity contribution in [1.82, 2.24) is 20.5 Å². The van der Waals surface area contributed by atoms with E-state index >= 15 is 0 Å². The van der Waals surface area contributed by atoms with Crippen LogP contribution in [-0.2, 0) is 4.74 Å². The molecule has 0 aliphatic heterocycles. The van der Waals surface area contributed by atoms with Crippen LogP contribution in [0.1, 0.15) is 52.1 Å². The molecule has 1 fully saturated rings. The summed E-state index contributed by atoms with van der Waals surface area (Å²) in [6, 6.07) is 4.71. The first-order chi connectivity index (χ1) is 14.1. The third-order valence-electron chi connectivity index (χ3n) is 4.86. The molecule has 0 saturated heterocycles. The van der Waals surface area contributed by atoms with Crippen LogP contribution in [-0.4, -0.2) is 44.1 Å². The number of phenols is 1. The van der Waals surface area contributed by atoms with Crippen LogP contribution < -0.4 is 10.6 Å². The monoisotopic (exact) mass is 433 g/mol. The van der Waals surface area contributed by atoms with Crippen LogP contribution in [0.3, 0.4) is 0 Å². The summed E-state index contributed by atoms with van der Waals surface area (Å²) in [6.07, 6.45) is 3.38. The van der Waals surface area contributed by atoms with Crippen LogP contribution in [0.4, 0.5) is 10.7 Å². The second-order valence-electron chi connectivity index (χ2n) is 8.52. The molecule has 1 amide bonds. The molecule has 2 atom stereocenters. The lowest BCUT2D eigenvalue weighted by Crippen LogP contribution is -2.50. The lowest BCUT2D eigenvalue weighted by atomic mass is 9.90. The number of alkyl carbamates (subject to hydrolysis) is 1. The van der Waals surface area contributed by atoms with Gasteiger partial charge in [0.2, 0.25) is 5.95 Å². The van der Waals surface area contributed by atoms with Crippen molar-refractivity contribution in [1.29, 1.82) is 0 Å². The standard InChI is InChI=1S/C21H28ClN5O3/c1-12-18(14-10-9-13(22)11-17(14)28)26-27-19(23-12)24-15-7-5-6-8-16(15)25-20(29)30-21(2,3)4/h9-11,15-16,28H,5-8H2,1-4H3,(H,25,29)(H,23,24,27)/t15-,16-/m1/s1. The number of rotatable bonds is 4. The first-order valence-electron chi connectivity index (χ1n) is 10.1. The Morgan fingerprint density at radius 1 is 1.20 bits per heavy atom. The second-order valence-corrected chi connectivity index (χ2v) is 8.96. The van der Waals surface area contributed by atoms with E-state index in [0.29, 0.717) is 27.9 Å². The van der Waals surface area contributed by atoms with Gasteiger partial charge in [-0.05, 0) is 58.7 Å². The number of hydrogen-bond donors (Lipinski definition) is 3. The lowest BCUT2D eigenvalue weighted by Gasteiger charge is -2.33. The van der Waals surface area contributed by atoms with E-state index in [9.17, 15) is 9.90 Å². The van der Waals surface area contributed by atoms with E-state index in [2.05, 4.69) is 25.8 Å². The molecule has 0 bridgehead atoms. The third kappa shape index (κ3) is 5.72. The maximum absolute atomic E-state index is 12.2. The van der Waals surface area contributed by atoms with Gasteiger partial charge in [-0.3, -0.25) is 0 Å². The zero-order valence-electron chi connectivity index (χ0n) is 17.7. The van der Waals surface area contributed by atoms with E-state index in [0.717, 1.165) is 25.7 Å². The van der Waals surface area contributed by atoms with Crippen molar-refractivity contribution in [3.05, 3.63) is 28.9 Å². The summed E-state index contributed by atoms with van der Waals surface area (Å²) >= 11 is 5.90. The van der Waals surface area contributed by atoms with Crippen LogP contribution in [0.15, 0.2) is 18.2 Å². The number of carbonyl (C=O) groups excluding carboxylic acids is 1. The van der Waals surface area contributed by atoms with Gasteiger partial charge in [-0.15, -0.1) is 10.2 Å². The highest BCUT2D eigenvalue weighted by Gasteiger charge is 2.29. The SMILES string of the molecule is Cc1nc(N[C@@H]2CCCC[C@H]2NC(=O)OC(C)(C)C)nnc1-c1ccc(Cl)cc1O. The number of amides is 1. The Labute approximate surface area is 181 Å². The Morgan fingerprint density at radius 2 is 1.90 bits per heavy atom. The Bertz CT molecular complexity index is 916. The van der Waals surface area contributed by atoms with Gasteiger partial charge in [-0.25, -0.2) is 9.78 Å². The molecule has 0 unspecified atom stereocenters. The average Bonchev–Trinajstić information content (AvgIpc) is 2.63. The number of aromatic nitrogens is 3. The number of ether oxygens (including phenoxy) is 1. The summed E-state index contributed by atoms with van der Waals surface area (Å²) < 4.78 is 5.39. The molecule has 30 heavy (non-hydrogen) atoms. The van der Waals surface area contributed by atoms with Crippen molar-refractivity contribution in [2.24, 2.45) is 0 Å². The highest BCUT2D eigenvalue weighted by Crippen LogP contribution is 2.31. The van der Waals surface area contributed by atoms with Gasteiger partial charge in [0, 0.05) is 16.6 Å². The molecular formula is C21H28ClN5O3. The average molecular weight is 434 g/mol. The molecule has 1 saturated carbocycles. The Balaban J connectivity index is 1.72. The number of aryl methyl sites for hydroxylation is 1. The molecule has 1 heterocycles. The summed E-state index contributed by atoms with van der Waals surface area (Å²) in [4.78, 5) is 16.7. The minimum absolute atomic E-state index is 0.0244. The van der Waals surface area contributed by atoms with Gasteiger partial charge in [0.05, 0.1) is 11.7 Å². The minimum Gasteiger partial charge on any atom is -0.507 e. The van der Waals surface area contributed by atoms with Gasteiger partial charge in [0.15, 0.2) is 0 Å². The van der Waals surface area contributed by atoms with Gasteiger partial charge < -0.3 is 20.5 Å². The van der Waals surface area contributed by atoms with E-state index in [1.165, 1.54) is 6.07 Å². The van der Waals surface area contributed by atoms with Crippen molar-refractivity contribution in [2.75, 3.05) is 5.32 Å². The molecule has 0 radical (unpaired) electrons. The van der Waals surface area contributed by atoms with Crippen molar-refractivity contribution >= 4 is 23.6 Å². The van der Waals surface area contributed by atoms with E-state index in [4.69, 9.17) is 16.3 Å². The summed E-state index contributed by atoms with van der Waals surface area (Å²) in [5.41, 5.74) is 1.08. The number of benzene rings is 1. The largest absolute Gasteiger partial charge is 0.507 e. The highest BCUT2D eigenvalue weighted by molar-refractivity contribution is 6.30. The molecule has 1 aliphatic carbocycles. The third-order valence-corrected chi connectivity index (χ3v) is 5.09. The number of nitrogens with zero attached hydrogens (tertiary/aromatic N) is 3. The van der Waals surface area contributed by atoms with Crippen molar-refractivity contribution in [3.8, 4) is 17.0 Å². The number of anilines is 1. The summed E-state index contributed by atoms with van der Waals surface area (Å²) in [7, 11) is 0. The molecule has 162 valence electrons. The summed E-state index contributed by atoms with van der Waals surface area (Å²) in [5.74, 6) is 0.406. The molecule has 1 aromatic heterocycles. The lowest BCUT2D eigenvalue weighted by molar-refractivity contribution is 0.0488. The fourth-order valence-corrected chi connectivity index (χ4v) is 3.69. The predicted molar refractivity (Wildman–Crippen MR) is 116 cm³/mol. The topological polar surface area (TPSA) is 109 Å². The quantitative estimate of drug-likeness (QED) is 0.653. The number of aromatic hydroxyl groups is 1. The van der Waals surface area contributed by atoms with Crippen molar-refractivity contribution < 1.29 is 14.6 Å². The zero-order chi connectivity index (χ0) is 21.9. The molecule has 9 heteroatoms. The van der Waals surface area contributed by atoms with E-state index in [1.807, 2.05) is 20.8 Å². The van der Waals surface area contributed by atoms with E-state index in [-0.39, 0.29) is 17.8 Å². The van der Waals surface area contributed by atoms with Crippen molar-refractivity contribution in [2.45, 2.75) is 71.1 Å². The first kappa shape index (κ1) is 22.1. The minimum atomic E-state index is -0.547. The van der Waals surface area contributed by atoms with Gasteiger partial charge in [-0.2, -0.15) is 0 Å². The van der Waals surface area contributed by atoms with E-state index < -0.39 is 11.7 Å². The fourth-order valence-electron chi connectivity index (χ4n) is 3.52. The second kappa shape index (κ2) is 9.04. The Morgan fingerprint density at radius 3 is 2.53 bits per heavy atom. The first-order valence-corrected chi connectivity index (χ1v) is 10.5. The Hall–Kier alpha value is -2.61. The van der Waals surface area contributed by atoms with Crippen LogP contribution in [0, 0.1) is 6.92 Å². The van der Waals surface area contributed by atoms with Gasteiger partial charge in [0.25, 0.3) is 0 Å². The number of phenolic OH excluding ortho intramolecular Hbond substituents is 1. The number of halogens is 1. The Kier molecular flexibility index (Phi) is 6.65. The smallest absolute Gasteiger partial charge is 0.407 e. The summed E-state index contributed by atoms with van der Waals surface area (Å²) in [6.45, 7) is 7.32. The molecule has 3 rings (SSSR count). The van der Waals surface area contributed by atoms with E-state index in [1.54, 1.807) is 19.1 Å². The molecule has 1 aliphatic rings. The van der Waals surface area contributed by atoms with Crippen molar-refractivity contribution in [3.63, 3.8) is 0 Å². The van der Waals surface area contributed by atoms with Crippen LogP contribution in [0.25, 0.3) is 11.3 Å². The maximum atomic E-state index is 12.2. The molecule has 1 aromatic carbocycles. The maximum Gasteiger partial charge on any atom is 0.407 e. The normalized spacial score (nSPS) is 19.2. The number of nitrogens with one attached hydrogen (secondary N) is 2. The molecule has 0 spiro atoms. The highest BCUT2D eigenvalue weighted by atomic mass is 35.5. The van der Waals surface area contributed by atoms with Gasteiger partial charge >= 0.3 is 6.09 Å². The zero-order valence-corrected chi connectivity index (χ0v) is 18.5. The predicted octanol–water partition coefficient (Wildman–Crippen LogP) is 4.45. The fraction of sp³-hybridized carbons (Fsp3) is 0.524. The number of carbonyl (C=O) groups is 1. The molecule has 2 aromatic rings. The molecular weight excluding hydrogens is 406 g/mol. The molecule has 8 nitrogen and oxygen atoms in total. The number of hydrogen-bond acceptors (Lipinski definition) is 7. The van der Waals surface area contributed by atoms with Gasteiger partial charge in [-0.1, -0.05) is 24.4 Å².